The van der Waals surface area contributed by atoms with Crippen LogP contribution in [-0.4, -0.2) is 51.1 Å². The maximum absolute atomic E-state index is 11.6. The van der Waals surface area contributed by atoms with Gasteiger partial charge in [-0.15, -0.1) is 0 Å². The van der Waals surface area contributed by atoms with Crippen LogP contribution in [0, 0.1) is 5.41 Å². The molecule has 0 saturated carbocycles. The molecule has 0 fully saturated rings. The molecule has 6 nitrogen and oxygen atoms in total. The standard InChI is InChI=1S/C11H19NO5/c1-11(9(14)16-4,10(15)17-5)7-6-8(13)12(2)3/h6-7H2,1-5H3. The summed E-state index contributed by atoms with van der Waals surface area (Å²) in [6.07, 6.45) is 0.136. The Kier molecular flexibility index (Phi) is 5.64. The smallest absolute Gasteiger partial charge is 0.322 e. The fourth-order valence-electron chi connectivity index (χ4n) is 1.32. The van der Waals surface area contributed by atoms with E-state index < -0.39 is 17.4 Å². The number of hydrogen-bond donors (Lipinski definition) is 0. The van der Waals surface area contributed by atoms with Crippen molar-refractivity contribution in [2.24, 2.45) is 5.41 Å². The van der Waals surface area contributed by atoms with Crippen LogP contribution in [0.3, 0.4) is 0 Å². The van der Waals surface area contributed by atoms with Crippen molar-refractivity contribution in [1.29, 1.82) is 0 Å². The van der Waals surface area contributed by atoms with Gasteiger partial charge in [-0.1, -0.05) is 0 Å². The van der Waals surface area contributed by atoms with E-state index >= 15 is 0 Å². The van der Waals surface area contributed by atoms with Crippen molar-refractivity contribution in [3.8, 4) is 0 Å². The summed E-state index contributed by atoms with van der Waals surface area (Å²) >= 11 is 0. The first-order valence-corrected chi connectivity index (χ1v) is 5.16. The maximum Gasteiger partial charge on any atom is 0.322 e. The molecule has 0 N–H and O–H groups in total. The molecule has 0 unspecified atom stereocenters. The molecule has 0 aliphatic heterocycles. The van der Waals surface area contributed by atoms with Crippen molar-refractivity contribution in [2.45, 2.75) is 19.8 Å². The van der Waals surface area contributed by atoms with Crippen LogP contribution in [-0.2, 0) is 23.9 Å². The topological polar surface area (TPSA) is 72.9 Å². The highest BCUT2D eigenvalue weighted by Crippen LogP contribution is 2.27. The fourth-order valence-corrected chi connectivity index (χ4v) is 1.32. The second-order valence-corrected chi connectivity index (χ2v) is 4.10. The number of esters is 2. The lowest BCUT2D eigenvalue weighted by molar-refractivity contribution is -0.168. The molecule has 0 heterocycles. The maximum atomic E-state index is 11.6. The SMILES string of the molecule is COC(=O)C(C)(CCC(=O)N(C)C)C(=O)OC. The van der Waals surface area contributed by atoms with Gasteiger partial charge in [0.2, 0.25) is 5.91 Å². The number of ether oxygens (including phenoxy) is 2. The molecule has 0 aromatic heterocycles. The Balaban J connectivity index is 4.79. The van der Waals surface area contributed by atoms with Gasteiger partial charge >= 0.3 is 11.9 Å². The van der Waals surface area contributed by atoms with Gasteiger partial charge in [0.1, 0.15) is 0 Å². The van der Waals surface area contributed by atoms with Crippen LogP contribution in [0.4, 0.5) is 0 Å². The van der Waals surface area contributed by atoms with E-state index in [0.29, 0.717) is 0 Å². The van der Waals surface area contributed by atoms with Crippen LogP contribution in [0.25, 0.3) is 0 Å². The molecule has 0 radical (unpaired) electrons. The molecule has 1 amide bonds. The first-order chi connectivity index (χ1) is 7.79. The molecule has 0 atom stereocenters. The lowest BCUT2D eigenvalue weighted by Gasteiger charge is -2.23. The molecule has 0 aromatic carbocycles. The Labute approximate surface area is 101 Å². The zero-order valence-electron chi connectivity index (χ0n) is 10.9. The summed E-state index contributed by atoms with van der Waals surface area (Å²) in [4.78, 5) is 36.0. The number of rotatable bonds is 5. The number of hydrogen-bond acceptors (Lipinski definition) is 5. The molecular weight excluding hydrogens is 226 g/mol. The van der Waals surface area contributed by atoms with Crippen LogP contribution < -0.4 is 0 Å². The van der Waals surface area contributed by atoms with E-state index in [1.807, 2.05) is 0 Å². The van der Waals surface area contributed by atoms with Gasteiger partial charge in [0.15, 0.2) is 5.41 Å². The molecule has 0 spiro atoms. The molecule has 0 bridgehead atoms. The van der Waals surface area contributed by atoms with Gasteiger partial charge in [0, 0.05) is 20.5 Å². The summed E-state index contributed by atoms with van der Waals surface area (Å²) < 4.78 is 9.13. The number of carbonyl (C=O) groups excluding carboxylic acids is 3. The number of amides is 1. The van der Waals surface area contributed by atoms with E-state index in [1.54, 1.807) is 14.1 Å². The van der Waals surface area contributed by atoms with Gasteiger partial charge in [0.05, 0.1) is 14.2 Å². The van der Waals surface area contributed by atoms with Crippen molar-refractivity contribution in [2.75, 3.05) is 28.3 Å². The zero-order valence-corrected chi connectivity index (χ0v) is 10.9. The van der Waals surface area contributed by atoms with E-state index in [-0.39, 0.29) is 18.7 Å². The highest BCUT2D eigenvalue weighted by molar-refractivity contribution is 5.99. The normalized spacial score (nSPS) is 10.6. The number of carbonyl (C=O) groups is 3. The monoisotopic (exact) mass is 245 g/mol. The van der Waals surface area contributed by atoms with E-state index in [9.17, 15) is 14.4 Å². The minimum Gasteiger partial charge on any atom is -0.468 e. The van der Waals surface area contributed by atoms with Crippen molar-refractivity contribution in [3.63, 3.8) is 0 Å². The summed E-state index contributed by atoms with van der Waals surface area (Å²) in [6, 6.07) is 0. The van der Waals surface area contributed by atoms with Crippen LogP contribution >= 0.6 is 0 Å². The average Bonchev–Trinajstić information content (AvgIpc) is 2.32. The largest absolute Gasteiger partial charge is 0.468 e. The van der Waals surface area contributed by atoms with Gasteiger partial charge in [-0.2, -0.15) is 0 Å². The molecule has 0 rings (SSSR count). The van der Waals surface area contributed by atoms with Gasteiger partial charge < -0.3 is 14.4 Å². The Bertz CT molecular complexity index is 295. The summed E-state index contributed by atoms with van der Waals surface area (Å²) in [6.45, 7) is 1.41. The predicted molar refractivity (Wildman–Crippen MR) is 60.1 cm³/mol. The van der Waals surface area contributed by atoms with Crippen LogP contribution in [0.5, 0.6) is 0 Å². The third kappa shape index (κ3) is 3.72. The lowest BCUT2D eigenvalue weighted by atomic mass is 9.85. The molecule has 0 saturated heterocycles. The summed E-state index contributed by atoms with van der Waals surface area (Å²) in [7, 11) is 5.60. The Morgan fingerprint density at radius 2 is 1.47 bits per heavy atom. The zero-order chi connectivity index (χ0) is 13.6. The summed E-state index contributed by atoms with van der Waals surface area (Å²) in [5, 5.41) is 0. The first-order valence-electron chi connectivity index (χ1n) is 5.16. The highest BCUT2D eigenvalue weighted by Gasteiger charge is 2.43. The van der Waals surface area contributed by atoms with E-state index in [1.165, 1.54) is 26.0 Å². The molecule has 0 aromatic rings. The molecule has 0 aliphatic carbocycles. The van der Waals surface area contributed by atoms with Gasteiger partial charge in [-0.3, -0.25) is 14.4 Å². The molecular formula is C11H19NO5. The van der Waals surface area contributed by atoms with E-state index in [4.69, 9.17) is 0 Å². The third-order valence-electron chi connectivity index (χ3n) is 2.61. The van der Waals surface area contributed by atoms with Crippen molar-refractivity contribution in [1.82, 2.24) is 4.90 Å². The second-order valence-electron chi connectivity index (χ2n) is 4.10. The van der Waals surface area contributed by atoms with Crippen LogP contribution in [0.15, 0.2) is 0 Å². The fraction of sp³-hybridized carbons (Fsp3) is 0.727. The van der Waals surface area contributed by atoms with Crippen LogP contribution in [0.2, 0.25) is 0 Å². The molecule has 0 aliphatic rings. The quantitative estimate of drug-likeness (QED) is 0.511. The van der Waals surface area contributed by atoms with Gasteiger partial charge in [0.25, 0.3) is 0 Å². The summed E-state index contributed by atoms with van der Waals surface area (Å²) in [5.41, 5.74) is -1.44. The van der Waals surface area contributed by atoms with Crippen molar-refractivity contribution in [3.05, 3.63) is 0 Å². The Hall–Kier alpha value is -1.59. The minimum atomic E-state index is -1.44. The third-order valence-corrected chi connectivity index (χ3v) is 2.61. The van der Waals surface area contributed by atoms with Crippen LogP contribution in [0.1, 0.15) is 19.8 Å². The van der Waals surface area contributed by atoms with Crippen molar-refractivity contribution >= 4 is 17.8 Å². The first kappa shape index (κ1) is 15.4. The molecule has 17 heavy (non-hydrogen) atoms. The average molecular weight is 245 g/mol. The van der Waals surface area contributed by atoms with E-state index in [2.05, 4.69) is 9.47 Å². The summed E-state index contributed by atoms with van der Waals surface area (Å²) in [5.74, 6) is -1.56. The lowest BCUT2D eigenvalue weighted by Crippen LogP contribution is -2.39. The minimum absolute atomic E-state index is 0.0589. The Morgan fingerprint density at radius 1 is 1.06 bits per heavy atom. The molecule has 98 valence electrons. The number of methoxy groups -OCH3 is 2. The van der Waals surface area contributed by atoms with Gasteiger partial charge in [-0.25, -0.2) is 0 Å². The van der Waals surface area contributed by atoms with E-state index in [0.717, 1.165) is 0 Å². The second kappa shape index (κ2) is 6.22. The Morgan fingerprint density at radius 3 is 1.76 bits per heavy atom. The predicted octanol–water partition coefficient (Wildman–Crippen LogP) is 0.207. The highest BCUT2D eigenvalue weighted by atomic mass is 16.5. The molecule has 6 heteroatoms. The van der Waals surface area contributed by atoms with Gasteiger partial charge in [-0.05, 0) is 13.3 Å². The number of nitrogens with zero attached hydrogens (tertiary/aromatic N) is 1. The van der Waals surface area contributed by atoms with Crippen molar-refractivity contribution < 1.29 is 23.9 Å².